The van der Waals surface area contributed by atoms with Crippen LogP contribution < -0.4 is 9.61 Å². The van der Waals surface area contributed by atoms with Crippen molar-refractivity contribution < 1.29 is 4.74 Å². The number of aryl methyl sites for hydroxylation is 1. The number of ether oxygens (including phenoxy) is 1. The largest absolute Gasteiger partial charge is 0.494 e. The molecule has 0 bridgehead atoms. The van der Waals surface area contributed by atoms with Gasteiger partial charge in [0.05, 0.1) is 16.8 Å². The number of rotatable bonds is 5. The van der Waals surface area contributed by atoms with Gasteiger partial charge in [0.2, 0.25) is 0 Å². The van der Waals surface area contributed by atoms with Gasteiger partial charge in [0.15, 0.2) is 0 Å². The molecule has 0 unspecified atom stereocenters. The molecule has 1 heterocycles. The Bertz CT molecular complexity index is 869. The van der Waals surface area contributed by atoms with E-state index < -0.39 is 0 Å². The predicted octanol–water partition coefficient (Wildman–Crippen LogP) is 4.83. The minimum absolute atomic E-state index is 0.103. The Morgan fingerprint density at radius 1 is 1.04 bits per heavy atom. The smallest absolute Gasteiger partial charge is 0.308 e. The maximum atomic E-state index is 12.1. The highest BCUT2D eigenvalue weighted by Gasteiger charge is 2.13. The summed E-state index contributed by atoms with van der Waals surface area (Å²) in [5, 5.41) is 0. The molecule has 0 atom stereocenters. The van der Waals surface area contributed by atoms with Gasteiger partial charge < -0.3 is 4.74 Å². The second-order valence-electron chi connectivity index (χ2n) is 6.96. The Balaban J connectivity index is 1.57. The van der Waals surface area contributed by atoms with Gasteiger partial charge in [-0.2, -0.15) is 0 Å². The molecule has 0 N–H and O–H groups in total. The number of hydrogen-bond donors (Lipinski definition) is 0. The summed E-state index contributed by atoms with van der Waals surface area (Å²) in [6.07, 6.45) is 0.807. The molecular weight excluding hydrogens is 318 g/mol. The van der Waals surface area contributed by atoms with Gasteiger partial charge in [0.25, 0.3) is 0 Å². The summed E-state index contributed by atoms with van der Waals surface area (Å²) >= 11 is 1.30. The number of para-hydroxylation sites is 1. The van der Waals surface area contributed by atoms with Crippen LogP contribution in [0.5, 0.6) is 5.75 Å². The van der Waals surface area contributed by atoms with Crippen molar-refractivity contribution in [3.05, 3.63) is 63.8 Å². The van der Waals surface area contributed by atoms with Crippen LogP contribution in [-0.2, 0) is 12.0 Å². The van der Waals surface area contributed by atoms with E-state index >= 15 is 0 Å². The molecule has 3 aromatic rings. The SMILES string of the molecule is CC(C)(C)c1ccc(OCCCn2c(=O)sc3ccccc32)cc1. The molecule has 4 heteroatoms. The van der Waals surface area contributed by atoms with Crippen LogP contribution >= 0.6 is 11.3 Å². The molecule has 126 valence electrons. The van der Waals surface area contributed by atoms with Gasteiger partial charge in [-0.1, -0.05) is 56.4 Å². The van der Waals surface area contributed by atoms with Gasteiger partial charge in [0, 0.05) is 6.54 Å². The van der Waals surface area contributed by atoms with Gasteiger partial charge in [-0.05, 0) is 41.7 Å². The minimum Gasteiger partial charge on any atom is -0.494 e. The molecule has 0 saturated carbocycles. The van der Waals surface area contributed by atoms with E-state index in [0.29, 0.717) is 13.2 Å². The van der Waals surface area contributed by atoms with E-state index in [0.717, 1.165) is 22.4 Å². The number of fused-ring (bicyclic) bond motifs is 1. The Morgan fingerprint density at radius 3 is 2.46 bits per heavy atom. The average Bonchev–Trinajstić information content (AvgIpc) is 2.87. The van der Waals surface area contributed by atoms with Crippen LogP contribution in [0.3, 0.4) is 0 Å². The Labute approximate surface area is 146 Å². The van der Waals surface area contributed by atoms with E-state index in [1.54, 1.807) is 0 Å². The van der Waals surface area contributed by atoms with Crippen molar-refractivity contribution in [2.45, 2.75) is 39.2 Å². The summed E-state index contributed by atoms with van der Waals surface area (Å²) in [5.74, 6) is 0.880. The zero-order chi connectivity index (χ0) is 17.2. The van der Waals surface area contributed by atoms with Crippen LogP contribution in [0.1, 0.15) is 32.8 Å². The first kappa shape index (κ1) is 16.8. The molecule has 2 aromatic carbocycles. The summed E-state index contributed by atoms with van der Waals surface area (Å²) in [6, 6.07) is 16.2. The highest BCUT2D eigenvalue weighted by molar-refractivity contribution is 7.16. The lowest BCUT2D eigenvalue weighted by Crippen LogP contribution is -2.14. The zero-order valence-electron chi connectivity index (χ0n) is 14.4. The van der Waals surface area contributed by atoms with Gasteiger partial charge in [-0.3, -0.25) is 9.36 Å². The van der Waals surface area contributed by atoms with E-state index in [9.17, 15) is 4.79 Å². The first-order valence-electron chi connectivity index (χ1n) is 8.27. The number of aromatic nitrogens is 1. The van der Waals surface area contributed by atoms with Crippen LogP contribution in [-0.4, -0.2) is 11.2 Å². The molecule has 0 aliphatic rings. The Morgan fingerprint density at radius 2 is 1.75 bits per heavy atom. The third kappa shape index (κ3) is 3.70. The van der Waals surface area contributed by atoms with Crippen molar-refractivity contribution in [2.24, 2.45) is 0 Å². The lowest BCUT2D eigenvalue weighted by molar-refractivity contribution is 0.302. The normalized spacial score (nSPS) is 11.8. The van der Waals surface area contributed by atoms with Crippen molar-refractivity contribution in [1.29, 1.82) is 0 Å². The van der Waals surface area contributed by atoms with Crippen molar-refractivity contribution in [3.8, 4) is 5.75 Å². The fourth-order valence-electron chi connectivity index (χ4n) is 2.69. The molecule has 0 amide bonds. The molecule has 0 saturated heterocycles. The van der Waals surface area contributed by atoms with Gasteiger partial charge >= 0.3 is 4.87 Å². The van der Waals surface area contributed by atoms with Crippen LogP contribution in [0, 0.1) is 0 Å². The van der Waals surface area contributed by atoms with Gasteiger partial charge in [-0.25, -0.2) is 0 Å². The Hall–Kier alpha value is -2.07. The maximum Gasteiger partial charge on any atom is 0.308 e. The van der Waals surface area contributed by atoms with Crippen LogP contribution in [0.15, 0.2) is 53.3 Å². The third-order valence-electron chi connectivity index (χ3n) is 4.09. The van der Waals surface area contributed by atoms with Crippen LogP contribution in [0.4, 0.5) is 0 Å². The second kappa shape index (κ2) is 6.81. The lowest BCUT2D eigenvalue weighted by atomic mass is 9.87. The summed E-state index contributed by atoms with van der Waals surface area (Å²) < 4.78 is 8.69. The van der Waals surface area contributed by atoms with E-state index in [2.05, 4.69) is 32.9 Å². The van der Waals surface area contributed by atoms with E-state index in [1.165, 1.54) is 16.9 Å². The van der Waals surface area contributed by atoms with Crippen LogP contribution in [0.2, 0.25) is 0 Å². The lowest BCUT2D eigenvalue weighted by Gasteiger charge is -2.19. The summed E-state index contributed by atoms with van der Waals surface area (Å²) in [7, 11) is 0. The molecule has 1 aromatic heterocycles. The standard InChI is InChI=1S/C20H23NO2S/c1-20(2,3)15-9-11-16(12-10-15)23-14-6-13-21-17-7-4-5-8-18(17)24-19(21)22/h4-5,7-12H,6,13-14H2,1-3H3. The summed E-state index contributed by atoms with van der Waals surface area (Å²) in [6.45, 7) is 7.89. The zero-order valence-corrected chi connectivity index (χ0v) is 15.2. The highest BCUT2D eigenvalue weighted by atomic mass is 32.1. The van der Waals surface area contributed by atoms with Crippen molar-refractivity contribution in [3.63, 3.8) is 0 Å². The van der Waals surface area contributed by atoms with E-state index in [1.807, 2.05) is 41.0 Å². The fourth-order valence-corrected chi connectivity index (χ4v) is 3.61. The quantitative estimate of drug-likeness (QED) is 0.622. The Kier molecular flexibility index (Phi) is 4.76. The number of benzene rings is 2. The number of thiazole rings is 1. The molecule has 0 aliphatic heterocycles. The molecule has 3 nitrogen and oxygen atoms in total. The molecule has 0 radical (unpaired) electrons. The number of hydrogen-bond acceptors (Lipinski definition) is 3. The second-order valence-corrected chi connectivity index (χ2v) is 7.96. The first-order chi connectivity index (χ1) is 11.4. The summed E-state index contributed by atoms with van der Waals surface area (Å²) in [5.41, 5.74) is 2.47. The van der Waals surface area contributed by atoms with Gasteiger partial charge in [0.1, 0.15) is 5.75 Å². The monoisotopic (exact) mass is 341 g/mol. The fraction of sp³-hybridized carbons (Fsp3) is 0.350. The topological polar surface area (TPSA) is 31.2 Å². The van der Waals surface area contributed by atoms with Crippen molar-refractivity contribution in [1.82, 2.24) is 4.57 Å². The minimum atomic E-state index is 0.103. The van der Waals surface area contributed by atoms with Crippen LogP contribution in [0.25, 0.3) is 10.2 Å². The molecule has 3 rings (SSSR count). The van der Waals surface area contributed by atoms with Gasteiger partial charge in [-0.15, -0.1) is 0 Å². The van der Waals surface area contributed by atoms with E-state index in [-0.39, 0.29) is 10.3 Å². The van der Waals surface area contributed by atoms with Crippen molar-refractivity contribution >= 4 is 21.6 Å². The first-order valence-corrected chi connectivity index (χ1v) is 9.08. The third-order valence-corrected chi connectivity index (χ3v) is 5.05. The van der Waals surface area contributed by atoms with E-state index in [4.69, 9.17) is 4.74 Å². The molecule has 0 fully saturated rings. The highest BCUT2D eigenvalue weighted by Crippen LogP contribution is 2.24. The summed E-state index contributed by atoms with van der Waals surface area (Å²) in [4.78, 5) is 12.2. The molecule has 0 aliphatic carbocycles. The molecular formula is C20H23NO2S. The predicted molar refractivity (Wildman–Crippen MR) is 101 cm³/mol. The molecule has 0 spiro atoms. The molecule has 24 heavy (non-hydrogen) atoms. The van der Waals surface area contributed by atoms with Crippen molar-refractivity contribution in [2.75, 3.05) is 6.61 Å². The number of nitrogens with zero attached hydrogens (tertiary/aromatic N) is 1. The maximum absolute atomic E-state index is 12.1. The average molecular weight is 341 g/mol.